The summed E-state index contributed by atoms with van der Waals surface area (Å²) in [5.41, 5.74) is 5.09. The van der Waals surface area contributed by atoms with Crippen molar-refractivity contribution in [1.82, 2.24) is 10.6 Å². The second-order valence-electron chi connectivity index (χ2n) is 3.63. The Kier molecular flexibility index (Phi) is 9.79. The monoisotopic (exact) mass is 365 g/mol. The molecule has 0 atom stereocenters. The van der Waals surface area contributed by atoms with Gasteiger partial charge in [0.2, 0.25) is 11.8 Å². The molecule has 0 heterocycles. The lowest BCUT2D eigenvalue weighted by molar-refractivity contribution is -0.125. The molecule has 0 aliphatic carbocycles. The number of benzene rings is 1. The molecule has 0 saturated heterocycles. The summed E-state index contributed by atoms with van der Waals surface area (Å²) in [6.07, 6.45) is 0. The first kappa shape index (κ1) is 18.7. The minimum Gasteiger partial charge on any atom is -0.492 e. The van der Waals surface area contributed by atoms with Crippen LogP contribution in [0.2, 0.25) is 0 Å². The van der Waals surface area contributed by atoms with Crippen LogP contribution in [0.4, 0.5) is 0 Å². The first-order valence-electron chi connectivity index (χ1n) is 5.73. The van der Waals surface area contributed by atoms with E-state index >= 15 is 0 Å². The molecule has 1 aromatic carbocycles. The van der Waals surface area contributed by atoms with E-state index in [9.17, 15) is 9.59 Å². The Bertz CT molecular complexity index is 428. The second kappa shape index (κ2) is 10.5. The van der Waals surface area contributed by atoms with Crippen LogP contribution in [0.15, 0.2) is 28.7 Å². The van der Waals surface area contributed by atoms with E-state index in [0.717, 1.165) is 10.2 Å². The van der Waals surface area contributed by atoms with Crippen molar-refractivity contribution in [2.75, 3.05) is 26.2 Å². The maximum atomic E-state index is 11.3. The first-order valence-corrected chi connectivity index (χ1v) is 6.53. The molecule has 112 valence electrons. The third-order valence-corrected chi connectivity index (χ3v) is 2.67. The largest absolute Gasteiger partial charge is 0.492 e. The van der Waals surface area contributed by atoms with E-state index < -0.39 is 0 Å². The number of halogens is 2. The van der Waals surface area contributed by atoms with Gasteiger partial charge < -0.3 is 21.1 Å². The molecule has 0 saturated carbocycles. The van der Waals surface area contributed by atoms with E-state index in [0.29, 0.717) is 13.2 Å². The van der Waals surface area contributed by atoms with Crippen molar-refractivity contribution in [2.24, 2.45) is 5.73 Å². The maximum absolute atomic E-state index is 11.3. The van der Waals surface area contributed by atoms with Gasteiger partial charge in [-0.25, -0.2) is 0 Å². The molecule has 0 fully saturated rings. The van der Waals surface area contributed by atoms with Gasteiger partial charge in [-0.3, -0.25) is 9.59 Å². The van der Waals surface area contributed by atoms with E-state index in [-0.39, 0.29) is 37.3 Å². The quantitative estimate of drug-likeness (QED) is 0.611. The number of nitrogens with one attached hydrogen (secondary N) is 2. The number of carbonyl (C=O) groups is 2. The predicted octanol–water partition coefficient (Wildman–Crippen LogP) is 0.441. The fourth-order valence-corrected chi connectivity index (χ4v) is 1.47. The zero-order chi connectivity index (χ0) is 14.1. The summed E-state index contributed by atoms with van der Waals surface area (Å²) in [7, 11) is 0. The standard InChI is InChI=1S/C12H16BrN3O3.ClH/c13-9-1-3-10(4-2-9)19-6-5-15-12(18)8-16-11(17)7-14;/h1-4H,5-8,14H2,(H,15,18)(H,16,17);1H. The predicted molar refractivity (Wildman–Crippen MR) is 82.0 cm³/mol. The Labute approximate surface area is 132 Å². The summed E-state index contributed by atoms with van der Waals surface area (Å²) in [6.45, 7) is 0.528. The highest BCUT2D eigenvalue weighted by molar-refractivity contribution is 9.10. The van der Waals surface area contributed by atoms with Gasteiger partial charge in [-0.05, 0) is 24.3 Å². The Morgan fingerprint density at radius 2 is 1.80 bits per heavy atom. The summed E-state index contributed by atoms with van der Waals surface area (Å²) in [5.74, 6) is 0.0938. The maximum Gasteiger partial charge on any atom is 0.239 e. The fraction of sp³-hybridized carbons (Fsp3) is 0.333. The number of carbonyl (C=O) groups excluding carboxylic acids is 2. The van der Waals surface area contributed by atoms with Crippen LogP contribution in [0, 0.1) is 0 Å². The van der Waals surface area contributed by atoms with Crippen LogP contribution in [0.25, 0.3) is 0 Å². The van der Waals surface area contributed by atoms with Crippen LogP contribution in [0.5, 0.6) is 5.75 Å². The zero-order valence-electron chi connectivity index (χ0n) is 10.7. The Morgan fingerprint density at radius 3 is 2.40 bits per heavy atom. The summed E-state index contributed by atoms with van der Waals surface area (Å²) in [6, 6.07) is 7.40. The van der Waals surface area contributed by atoms with E-state index in [1.807, 2.05) is 24.3 Å². The van der Waals surface area contributed by atoms with Crippen LogP contribution < -0.4 is 21.1 Å². The lowest BCUT2D eigenvalue weighted by Gasteiger charge is -2.08. The van der Waals surface area contributed by atoms with Crippen LogP contribution in [0.1, 0.15) is 0 Å². The molecule has 1 rings (SSSR count). The smallest absolute Gasteiger partial charge is 0.239 e. The highest BCUT2D eigenvalue weighted by atomic mass is 79.9. The van der Waals surface area contributed by atoms with E-state index in [4.69, 9.17) is 10.5 Å². The van der Waals surface area contributed by atoms with Crippen molar-refractivity contribution in [3.05, 3.63) is 28.7 Å². The van der Waals surface area contributed by atoms with E-state index in [2.05, 4.69) is 26.6 Å². The molecule has 1 aromatic rings. The Morgan fingerprint density at radius 1 is 1.15 bits per heavy atom. The Balaban J connectivity index is 0.00000361. The van der Waals surface area contributed by atoms with Crippen LogP contribution >= 0.6 is 28.3 Å². The molecule has 0 aliphatic rings. The normalized spacial score (nSPS) is 9.30. The number of ether oxygens (including phenoxy) is 1. The molecule has 0 radical (unpaired) electrons. The van der Waals surface area contributed by atoms with Gasteiger partial charge in [-0.2, -0.15) is 0 Å². The third-order valence-electron chi connectivity index (χ3n) is 2.14. The SMILES string of the molecule is Cl.NCC(=O)NCC(=O)NCCOc1ccc(Br)cc1. The van der Waals surface area contributed by atoms with Crippen LogP contribution in [-0.4, -0.2) is 38.1 Å². The van der Waals surface area contributed by atoms with Gasteiger partial charge in [0.25, 0.3) is 0 Å². The molecule has 0 aromatic heterocycles. The number of hydrogen-bond acceptors (Lipinski definition) is 4. The van der Waals surface area contributed by atoms with Gasteiger partial charge in [0, 0.05) is 4.47 Å². The van der Waals surface area contributed by atoms with Crippen molar-refractivity contribution in [3.63, 3.8) is 0 Å². The molecule has 8 heteroatoms. The van der Waals surface area contributed by atoms with Crippen LogP contribution in [0.3, 0.4) is 0 Å². The fourth-order valence-electron chi connectivity index (χ4n) is 1.20. The highest BCUT2D eigenvalue weighted by Gasteiger charge is 2.03. The molecule has 0 bridgehead atoms. The summed E-state index contributed by atoms with van der Waals surface area (Å²) >= 11 is 3.33. The van der Waals surface area contributed by atoms with Gasteiger partial charge >= 0.3 is 0 Å². The van der Waals surface area contributed by atoms with Crippen molar-refractivity contribution in [3.8, 4) is 5.75 Å². The van der Waals surface area contributed by atoms with E-state index in [1.165, 1.54) is 0 Å². The molecule has 20 heavy (non-hydrogen) atoms. The summed E-state index contributed by atoms with van der Waals surface area (Å²) in [4.78, 5) is 22.1. The minimum absolute atomic E-state index is 0. The molecule has 0 aliphatic heterocycles. The van der Waals surface area contributed by atoms with Crippen molar-refractivity contribution >= 4 is 40.2 Å². The molecular formula is C12H17BrClN3O3. The zero-order valence-corrected chi connectivity index (χ0v) is 13.1. The second-order valence-corrected chi connectivity index (χ2v) is 4.55. The first-order chi connectivity index (χ1) is 9.11. The Hall–Kier alpha value is -1.31. The number of nitrogens with two attached hydrogens (primary N) is 1. The molecule has 4 N–H and O–H groups in total. The molecule has 0 unspecified atom stereocenters. The molecular weight excluding hydrogens is 350 g/mol. The number of hydrogen-bond donors (Lipinski definition) is 3. The highest BCUT2D eigenvalue weighted by Crippen LogP contribution is 2.15. The van der Waals surface area contributed by atoms with Crippen molar-refractivity contribution in [2.45, 2.75) is 0 Å². The van der Waals surface area contributed by atoms with Crippen molar-refractivity contribution < 1.29 is 14.3 Å². The van der Waals surface area contributed by atoms with Gasteiger partial charge in [0.05, 0.1) is 19.6 Å². The lowest BCUT2D eigenvalue weighted by atomic mass is 10.3. The van der Waals surface area contributed by atoms with Gasteiger partial charge in [0.15, 0.2) is 0 Å². The molecule has 6 nitrogen and oxygen atoms in total. The topological polar surface area (TPSA) is 93.5 Å². The average Bonchev–Trinajstić information content (AvgIpc) is 2.42. The molecule has 0 spiro atoms. The van der Waals surface area contributed by atoms with Crippen molar-refractivity contribution in [1.29, 1.82) is 0 Å². The lowest BCUT2D eigenvalue weighted by Crippen LogP contribution is -2.40. The van der Waals surface area contributed by atoms with Gasteiger partial charge in [0.1, 0.15) is 12.4 Å². The third kappa shape index (κ3) is 7.98. The summed E-state index contributed by atoms with van der Waals surface area (Å²) in [5, 5.41) is 4.99. The van der Waals surface area contributed by atoms with Crippen LogP contribution in [-0.2, 0) is 9.59 Å². The number of amides is 2. The van der Waals surface area contributed by atoms with Gasteiger partial charge in [-0.1, -0.05) is 15.9 Å². The molecule has 2 amide bonds. The van der Waals surface area contributed by atoms with E-state index in [1.54, 1.807) is 0 Å². The average molecular weight is 367 g/mol. The minimum atomic E-state index is -0.360. The van der Waals surface area contributed by atoms with Gasteiger partial charge in [-0.15, -0.1) is 12.4 Å². The summed E-state index contributed by atoms with van der Waals surface area (Å²) < 4.78 is 6.39. The number of rotatable bonds is 7.